The summed E-state index contributed by atoms with van der Waals surface area (Å²) in [6.07, 6.45) is 3.61. The molecule has 2 heterocycles. The van der Waals surface area contributed by atoms with E-state index in [9.17, 15) is 0 Å². The molecular formula is C19H15N3. The number of benzene rings is 2. The Kier molecular flexibility index (Phi) is 2.97. The van der Waals surface area contributed by atoms with Crippen molar-refractivity contribution in [2.24, 2.45) is 0 Å². The van der Waals surface area contributed by atoms with Gasteiger partial charge in [-0.2, -0.15) is 14.8 Å². The second kappa shape index (κ2) is 5.11. The fraction of sp³-hybridized carbons (Fsp3) is 0.0526. The molecule has 4 aromatic rings. The third kappa shape index (κ3) is 2.07. The zero-order valence-corrected chi connectivity index (χ0v) is 12.3. The van der Waals surface area contributed by atoms with Crippen LogP contribution in [0.15, 0.2) is 73.1 Å². The van der Waals surface area contributed by atoms with Crippen molar-refractivity contribution in [1.82, 2.24) is 14.8 Å². The standard InChI is InChI=1S/C19H15N3/c1-14-5-2-3-6-17(14)15-8-10-16(11-9-15)18-13-21-22-19(18)7-4-12-20-22/h2-13H,1H3. The van der Waals surface area contributed by atoms with Gasteiger partial charge < -0.3 is 0 Å². The van der Waals surface area contributed by atoms with Gasteiger partial charge in [0.05, 0.1) is 11.7 Å². The number of aromatic nitrogens is 3. The largest absolute Gasteiger partial charge is 0.159 e. The molecule has 3 nitrogen and oxygen atoms in total. The van der Waals surface area contributed by atoms with E-state index in [-0.39, 0.29) is 0 Å². The van der Waals surface area contributed by atoms with Gasteiger partial charge in [-0.25, -0.2) is 0 Å². The van der Waals surface area contributed by atoms with Gasteiger partial charge in [-0.3, -0.25) is 0 Å². The Morgan fingerprint density at radius 1 is 0.727 bits per heavy atom. The second-order valence-corrected chi connectivity index (χ2v) is 5.35. The van der Waals surface area contributed by atoms with Crippen LogP contribution in [0.3, 0.4) is 0 Å². The van der Waals surface area contributed by atoms with E-state index in [0.717, 1.165) is 16.6 Å². The average molecular weight is 285 g/mol. The number of hydrogen-bond acceptors (Lipinski definition) is 2. The third-order valence-electron chi connectivity index (χ3n) is 3.96. The van der Waals surface area contributed by atoms with Crippen LogP contribution in [0.1, 0.15) is 5.56 Å². The molecule has 4 rings (SSSR count). The third-order valence-corrected chi connectivity index (χ3v) is 3.96. The molecule has 0 aliphatic heterocycles. The Labute approximate surface area is 128 Å². The number of rotatable bonds is 2. The molecule has 106 valence electrons. The number of fused-ring (bicyclic) bond motifs is 1. The number of hydrogen-bond donors (Lipinski definition) is 0. The van der Waals surface area contributed by atoms with Gasteiger partial charge in [0.15, 0.2) is 0 Å². The minimum Gasteiger partial charge on any atom is -0.159 e. The average Bonchev–Trinajstić information content (AvgIpc) is 3.00. The van der Waals surface area contributed by atoms with Crippen molar-refractivity contribution >= 4 is 5.52 Å². The molecule has 22 heavy (non-hydrogen) atoms. The van der Waals surface area contributed by atoms with Gasteiger partial charge in [0, 0.05) is 11.8 Å². The van der Waals surface area contributed by atoms with Crippen molar-refractivity contribution in [3.8, 4) is 22.3 Å². The predicted octanol–water partition coefficient (Wildman–Crippen LogP) is 4.37. The Morgan fingerprint density at radius 3 is 2.23 bits per heavy atom. The normalized spacial score (nSPS) is 11.0. The Balaban J connectivity index is 1.78. The molecule has 2 aromatic heterocycles. The Hall–Kier alpha value is -2.94. The van der Waals surface area contributed by atoms with Crippen molar-refractivity contribution in [2.75, 3.05) is 0 Å². The fourth-order valence-electron chi connectivity index (χ4n) is 2.78. The van der Waals surface area contributed by atoms with Crippen LogP contribution in [-0.2, 0) is 0 Å². The first kappa shape index (κ1) is 12.8. The van der Waals surface area contributed by atoms with Gasteiger partial charge in [0.2, 0.25) is 0 Å². The highest BCUT2D eigenvalue weighted by atomic mass is 15.4. The van der Waals surface area contributed by atoms with Crippen LogP contribution in [0.25, 0.3) is 27.8 Å². The number of nitrogens with zero attached hydrogens (tertiary/aromatic N) is 3. The van der Waals surface area contributed by atoms with Gasteiger partial charge >= 0.3 is 0 Å². The lowest BCUT2D eigenvalue weighted by Crippen LogP contribution is -1.90. The SMILES string of the molecule is Cc1ccccc1-c1ccc(-c2cnn3ncccc23)cc1. The highest BCUT2D eigenvalue weighted by molar-refractivity contribution is 5.81. The molecule has 0 N–H and O–H groups in total. The Bertz CT molecular complexity index is 936. The summed E-state index contributed by atoms with van der Waals surface area (Å²) in [6.45, 7) is 2.14. The first-order chi connectivity index (χ1) is 10.8. The molecule has 0 radical (unpaired) electrons. The zero-order chi connectivity index (χ0) is 14.9. The van der Waals surface area contributed by atoms with Gasteiger partial charge in [-0.15, -0.1) is 0 Å². The second-order valence-electron chi connectivity index (χ2n) is 5.35. The van der Waals surface area contributed by atoms with Crippen molar-refractivity contribution in [2.45, 2.75) is 6.92 Å². The minimum absolute atomic E-state index is 1.02. The molecule has 0 aliphatic rings. The lowest BCUT2D eigenvalue weighted by molar-refractivity contribution is 0.800. The van der Waals surface area contributed by atoms with Crippen LogP contribution in [0.2, 0.25) is 0 Å². The molecule has 0 aliphatic carbocycles. The van der Waals surface area contributed by atoms with E-state index in [2.05, 4.69) is 65.7 Å². The van der Waals surface area contributed by atoms with Gasteiger partial charge in [-0.05, 0) is 41.3 Å². The fourth-order valence-corrected chi connectivity index (χ4v) is 2.78. The Morgan fingerprint density at radius 2 is 1.45 bits per heavy atom. The van der Waals surface area contributed by atoms with Crippen molar-refractivity contribution in [1.29, 1.82) is 0 Å². The van der Waals surface area contributed by atoms with E-state index in [4.69, 9.17) is 0 Å². The first-order valence-electron chi connectivity index (χ1n) is 7.28. The summed E-state index contributed by atoms with van der Waals surface area (Å²) in [5.74, 6) is 0. The molecule has 3 heteroatoms. The molecule has 0 spiro atoms. The zero-order valence-electron chi connectivity index (χ0n) is 12.3. The van der Waals surface area contributed by atoms with E-state index in [1.54, 1.807) is 10.8 Å². The molecular weight excluding hydrogens is 270 g/mol. The predicted molar refractivity (Wildman–Crippen MR) is 88.6 cm³/mol. The van der Waals surface area contributed by atoms with Gasteiger partial charge in [0.25, 0.3) is 0 Å². The quantitative estimate of drug-likeness (QED) is 0.547. The van der Waals surface area contributed by atoms with Crippen LogP contribution < -0.4 is 0 Å². The van der Waals surface area contributed by atoms with Gasteiger partial charge in [0.1, 0.15) is 0 Å². The van der Waals surface area contributed by atoms with E-state index in [1.165, 1.54) is 16.7 Å². The highest BCUT2D eigenvalue weighted by Crippen LogP contribution is 2.28. The van der Waals surface area contributed by atoms with Crippen LogP contribution >= 0.6 is 0 Å². The van der Waals surface area contributed by atoms with Crippen molar-refractivity contribution in [3.63, 3.8) is 0 Å². The lowest BCUT2D eigenvalue weighted by atomic mass is 9.98. The summed E-state index contributed by atoms with van der Waals surface area (Å²) >= 11 is 0. The maximum absolute atomic E-state index is 4.30. The van der Waals surface area contributed by atoms with Crippen LogP contribution in [0.4, 0.5) is 0 Å². The summed E-state index contributed by atoms with van der Waals surface area (Å²) in [5, 5.41) is 8.50. The number of aryl methyl sites for hydroxylation is 1. The highest BCUT2D eigenvalue weighted by Gasteiger charge is 2.07. The first-order valence-corrected chi connectivity index (χ1v) is 7.28. The smallest absolute Gasteiger partial charge is 0.0951 e. The molecule has 2 aromatic carbocycles. The molecule has 0 fully saturated rings. The van der Waals surface area contributed by atoms with Crippen molar-refractivity contribution in [3.05, 3.63) is 78.6 Å². The molecule has 0 unspecified atom stereocenters. The summed E-state index contributed by atoms with van der Waals surface area (Å²) in [4.78, 5) is 0. The van der Waals surface area contributed by atoms with Crippen molar-refractivity contribution < 1.29 is 0 Å². The topological polar surface area (TPSA) is 30.2 Å². The monoisotopic (exact) mass is 285 g/mol. The maximum atomic E-state index is 4.30. The molecule has 0 atom stereocenters. The van der Waals surface area contributed by atoms with E-state index in [0.29, 0.717) is 0 Å². The summed E-state index contributed by atoms with van der Waals surface area (Å²) in [5.41, 5.74) is 7.07. The summed E-state index contributed by atoms with van der Waals surface area (Å²) in [7, 11) is 0. The van der Waals surface area contributed by atoms with E-state index < -0.39 is 0 Å². The molecule has 0 saturated heterocycles. The lowest BCUT2D eigenvalue weighted by Gasteiger charge is -2.07. The van der Waals surface area contributed by atoms with Crippen LogP contribution in [0, 0.1) is 6.92 Å². The molecule has 0 bridgehead atoms. The minimum atomic E-state index is 1.02. The molecule has 0 amide bonds. The maximum Gasteiger partial charge on any atom is 0.0951 e. The summed E-state index contributed by atoms with van der Waals surface area (Å²) < 4.78 is 1.66. The van der Waals surface area contributed by atoms with Gasteiger partial charge in [-0.1, -0.05) is 48.5 Å². The summed E-state index contributed by atoms with van der Waals surface area (Å²) in [6, 6.07) is 21.0. The van der Waals surface area contributed by atoms with Crippen LogP contribution in [0.5, 0.6) is 0 Å². The van der Waals surface area contributed by atoms with Crippen LogP contribution in [-0.4, -0.2) is 14.8 Å². The van der Waals surface area contributed by atoms with E-state index in [1.807, 2.05) is 18.3 Å². The van der Waals surface area contributed by atoms with E-state index >= 15 is 0 Å². The molecule has 0 saturated carbocycles.